The first-order chi connectivity index (χ1) is 9.22. The molecule has 0 aliphatic heterocycles. The van der Waals surface area contributed by atoms with Gasteiger partial charge in [-0.1, -0.05) is 17.7 Å². The summed E-state index contributed by atoms with van der Waals surface area (Å²) >= 11 is 5.76. The third kappa shape index (κ3) is 7.62. The molecule has 0 saturated carbocycles. The maximum Gasteiger partial charge on any atom is 0.238 e. The van der Waals surface area contributed by atoms with Crippen LogP contribution in [0.5, 0.6) is 0 Å². The summed E-state index contributed by atoms with van der Waals surface area (Å²) < 4.78 is 5.31. The zero-order chi connectivity index (χ0) is 13.9. The summed E-state index contributed by atoms with van der Waals surface area (Å²) in [7, 11) is 0. The Bertz CT molecular complexity index is 393. The van der Waals surface area contributed by atoms with Crippen molar-refractivity contribution in [2.24, 2.45) is 0 Å². The van der Waals surface area contributed by atoms with Gasteiger partial charge in [0.2, 0.25) is 5.91 Å². The van der Waals surface area contributed by atoms with E-state index in [1.165, 1.54) is 0 Å². The first-order valence-corrected chi connectivity index (χ1v) is 6.55. The highest BCUT2D eigenvalue weighted by Crippen LogP contribution is 2.12. The van der Waals surface area contributed by atoms with Crippen LogP contribution in [0, 0.1) is 0 Å². The zero-order valence-electron chi connectivity index (χ0n) is 10.8. The Hall–Kier alpha value is -1.36. The van der Waals surface area contributed by atoms with Gasteiger partial charge in [-0.3, -0.25) is 4.79 Å². The molecule has 5 heteroatoms. The van der Waals surface area contributed by atoms with Crippen LogP contribution >= 0.6 is 11.6 Å². The molecule has 0 atom stereocenters. The molecule has 0 fully saturated rings. The third-order valence-electron chi connectivity index (χ3n) is 2.30. The van der Waals surface area contributed by atoms with Crippen LogP contribution < -0.4 is 10.6 Å². The Labute approximate surface area is 118 Å². The van der Waals surface area contributed by atoms with Crippen LogP contribution in [0.3, 0.4) is 0 Å². The SMILES string of the molecule is C=CCCOCCNCC(=O)Nc1ccc(Cl)cc1. The highest BCUT2D eigenvalue weighted by molar-refractivity contribution is 6.30. The first kappa shape index (κ1) is 15.7. The molecule has 1 amide bonds. The van der Waals surface area contributed by atoms with E-state index >= 15 is 0 Å². The summed E-state index contributed by atoms with van der Waals surface area (Å²) in [4.78, 5) is 11.6. The molecule has 0 aromatic heterocycles. The molecule has 1 rings (SSSR count). The van der Waals surface area contributed by atoms with Gasteiger partial charge in [0, 0.05) is 17.3 Å². The van der Waals surface area contributed by atoms with E-state index in [-0.39, 0.29) is 12.5 Å². The van der Waals surface area contributed by atoms with Gasteiger partial charge < -0.3 is 15.4 Å². The fourth-order valence-electron chi connectivity index (χ4n) is 1.35. The van der Waals surface area contributed by atoms with E-state index in [0.717, 1.165) is 12.1 Å². The van der Waals surface area contributed by atoms with Gasteiger partial charge in [0.15, 0.2) is 0 Å². The minimum atomic E-state index is -0.0894. The summed E-state index contributed by atoms with van der Waals surface area (Å²) in [5.41, 5.74) is 0.735. The summed E-state index contributed by atoms with van der Waals surface area (Å²) in [6.07, 6.45) is 2.66. The van der Waals surface area contributed by atoms with Crippen molar-refractivity contribution in [3.63, 3.8) is 0 Å². The Morgan fingerprint density at radius 2 is 2.05 bits per heavy atom. The quantitative estimate of drug-likeness (QED) is 0.540. The maximum atomic E-state index is 11.6. The smallest absolute Gasteiger partial charge is 0.238 e. The summed E-state index contributed by atoms with van der Waals surface area (Å²) in [5.74, 6) is -0.0894. The molecule has 0 spiro atoms. The molecule has 0 radical (unpaired) electrons. The second kappa shape index (κ2) is 9.55. The van der Waals surface area contributed by atoms with Gasteiger partial charge in [0.05, 0.1) is 19.8 Å². The van der Waals surface area contributed by atoms with E-state index in [9.17, 15) is 4.79 Å². The van der Waals surface area contributed by atoms with Gasteiger partial charge in [-0.25, -0.2) is 0 Å². The van der Waals surface area contributed by atoms with E-state index in [2.05, 4.69) is 17.2 Å². The molecule has 1 aromatic rings. The highest BCUT2D eigenvalue weighted by atomic mass is 35.5. The average Bonchev–Trinajstić information content (AvgIpc) is 2.40. The Balaban J connectivity index is 2.08. The van der Waals surface area contributed by atoms with E-state index < -0.39 is 0 Å². The number of ether oxygens (including phenoxy) is 1. The Kier molecular flexibility index (Phi) is 7.89. The number of nitrogens with one attached hydrogen (secondary N) is 2. The molecule has 2 N–H and O–H groups in total. The minimum Gasteiger partial charge on any atom is -0.380 e. The van der Waals surface area contributed by atoms with Crippen molar-refractivity contribution in [1.29, 1.82) is 0 Å². The van der Waals surface area contributed by atoms with Crippen LogP contribution in [-0.2, 0) is 9.53 Å². The molecule has 4 nitrogen and oxygen atoms in total. The van der Waals surface area contributed by atoms with Crippen molar-refractivity contribution >= 4 is 23.2 Å². The molecule has 104 valence electrons. The Morgan fingerprint density at radius 1 is 1.32 bits per heavy atom. The van der Waals surface area contributed by atoms with Gasteiger partial charge in [0.1, 0.15) is 0 Å². The lowest BCUT2D eigenvalue weighted by molar-refractivity contribution is -0.115. The number of halogens is 1. The van der Waals surface area contributed by atoms with Crippen molar-refractivity contribution in [3.05, 3.63) is 41.9 Å². The molecule has 0 heterocycles. The lowest BCUT2D eigenvalue weighted by Crippen LogP contribution is -2.30. The number of benzene rings is 1. The van der Waals surface area contributed by atoms with Crippen molar-refractivity contribution in [2.75, 3.05) is 31.6 Å². The Morgan fingerprint density at radius 3 is 2.74 bits per heavy atom. The van der Waals surface area contributed by atoms with Crippen LogP contribution in [0.4, 0.5) is 5.69 Å². The third-order valence-corrected chi connectivity index (χ3v) is 2.56. The first-order valence-electron chi connectivity index (χ1n) is 6.17. The molecule has 0 bridgehead atoms. The number of hydrogen-bond acceptors (Lipinski definition) is 3. The second-order valence-corrected chi connectivity index (χ2v) is 4.36. The van der Waals surface area contributed by atoms with Crippen LogP contribution in [0.2, 0.25) is 5.02 Å². The van der Waals surface area contributed by atoms with Crippen molar-refractivity contribution < 1.29 is 9.53 Å². The van der Waals surface area contributed by atoms with Crippen molar-refractivity contribution in [3.8, 4) is 0 Å². The van der Waals surface area contributed by atoms with E-state index in [0.29, 0.717) is 24.8 Å². The molecule has 0 saturated heterocycles. The molecule has 0 unspecified atom stereocenters. The normalized spacial score (nSPS) is 10.2. The number of anilines is 1. The second-order valence-electron chi connectivity index (χ2n) is 3.92. The number of amides is 1. The number of carbonyl (C=O) groups excluding carboxylic acids is 1. The van der Waals surface area contributed by atoms with E-state index in [1.807, 2.05) is 6.08 Å². The standard InChI is InChI=1S/C14H19ClN2O2/c1-2-3-9-19-10-8-16-11-14(18)17-13-6-4-12(15)5-7-13/h2,4-7,16H,1,3,8-11H2,(H,17,18). The molecular formula is C14H19ClN2O2. The molecule has 0 aliphatic carbocycles. The van der Waals surface area contributed by atoms with E-state index in [4.69, 9.17) is 16.3 Å². The minimum absolute atomic E-state index is 0.0894. The fourth-order valence-corrected chi connectivity index (χ4v) is 1.48. The van der Waals surface area contributed by atoms with Crippen LogP contribution in [-0.4, -0.2) is 32.2 Å². The zero-order valence-corrected chi connectivity index (χ0v) is 11.6. The highest BCUT2D eigenvalue weighted by Gasteiger charge is 2.01. The van der Waals surface area contributed by atoms with Crippen molar-refractivity contribution in [2.45, 2.75) is 6.42 Å². The van der Waals surface area contributed by atoms with E-state index in [1.54, 1.807) is 24.3 Å². The number of carbonyl (C=O) groups is 1. The van der Waals surface area contributed by atoms with Crippen LogP contribution in [0.1, 0.15) is 6.42 Å². The molecule has 0 aliphatic rings. The van der Waals surface area contributed by atoms with Gasteiger partial charge in [-0.2, -0.15) is 0 Å². The molecule has 1 aromatic carbocycles. The number of rotatable bonds is 9. The van der Waals surface area contributed by atoms with Gasteiger partial charge in [-0.05, 0) is 30.7 Å². The van der Waals surface area contributed by atoms with Gasteiger partial charge in [-0.15, -0.1) is 6.58 Å². The van der Waals surface area contributed by atoms with Crippen LogP contribution in [0.25, 0.3) is 0 Å². The predicted octanol–water partition coefficient (Wildman–Crippen LogP) is 2.46. The fraction of sp³-hybridized carbons (Fsp3) is 0.357. The maximum absolute atomic E-state index is 11.6. The number of hydrogen-bond donors (Lipinski definition) is 2. The lowest BCUT2D eigenvalue weighted by Gasteiger charge is -2.07. The monoisotopic (exact) mass is 282 g/mol. The summed E-state index contributed by atoms with van der Waals surface area (Å²) in [6, 6.07) is 6.99. The average molecular weight is 283 g/mol. The molecular weight excluding hydrogens is 264 g/mol. The van der Waals surface area contributed by atoms with Crippen molar-refractivity contribution in [1.82, 2.24) is 5.32 Å². The van der Waals surface area contributed by atoms with Gasteiger partial charge >= 0.3 is 0 Å². The summed E-state index contributed by atoms with van der Waals surface area (Å²) in [5, 5.41) is 6.42. The van der Waals surface area contributed by atoms with Gasteiger partial charge in [0.25, 0.3) is 0 Å². The summed E-state index contributed by atoms with van der Waals surface area (Å²) in [6.45, 7) is 5.76. The predicted molar refractivity (Wildman–Crippen MR) is 78.6 cm³/mol. The molecule has 19 heavy (non-hydrogen) atoms. The topological polar surface area (TPSA) is 50.4 Å². The largest absolute Gasteiger partial charge is 0.380 e. The van der Waals surface area contributed by atoms with Crippen LogP contribution in [0.15, 0.2) is 36.9 Å². The lowest BCUT2D eigenvalue weighted by atomic mass is 10.3.